The molecular formula is C8H12ClN3O2. The van der Waals surface area contributed by atoms with E-state index in [1.54, 1.807) is 0 Å². The summed E-state index contributed by atoms with van der Waals surface area (Å²) in [6.07, 6.45) is 0.778. The Labute approximate surface area is 87.3 Å². The number of H-pyrrole nitrogens is 1. The van der Waals surface area contributed by atoms with Crippen molar-refractivity contribution in [2.45, 2.75) is 13.3 Å². The van der Waals surface area contributed by atoms with Crippen LogP contribution in [0.3, 0.4) is 0 Å². The molecule has 0 aromatic carbocycles. The molecule has 78 valence electrons. The van der Waals surface area contributed by atoms with E-state index in [0.717, 1.165) is 18.5 Å². The molecule has 6 heteroatoms. The average Bonchev–Trinajstić information content (AvgIpc) is 2.46. The Hall–Kier alpha value is -1.23. The number of carbonyl (C=O) groups is 1. The van der Waals surface area contributed by atoms with Crippen molar-refractivity contribution in [1.29, 1.82) is 0 Å². The van der Waals surface area contributed by atoms with Crippen LogP contribution in [0.15, 0.2) is 0 Å². The van der Waals surface area contributed by atoms with E-state index in [4.69, 9.17) is 5.11 Å². The summed E-state index contributed by atoms with van der Waals surface area (Å²) in [5, 5.41) is 18.3. The summed E-state index contributed by atoms with van der Waals surface area (Å²) < 4.78 is 0. The summed E-state index contributed by atoms with van der Waals surface area (Å²) in [5.41, 5.74) is 1.01. The molecule has 0 fully saturated rings. The van der Waals surface area contributed by atoms with Gasteiger partial charge in [-0.1, -0.05) is 6.92 Å². The number of carboxylic acid groups (broad SMARTS) is 1. The lowest BCUT2D eigenvalue weighted by Gasteiger charge is -2.18. The number of hydrogen-bond donors (Lipinski definition) is 3. The molecule has 3 N–H and O–H groups in total. The maximum Gasteiger partial charge on any atom is 0.354 e. The zero-order valence-corrected chi connectivity index (χ0v) is 8.52. The van der Waals surface area contributed by atoms with E-state index in [1.165, 1.54) is 0 Å². The molecule has 0 amide bonds. The molecule has 1 atom stereocenters. The lowest BCUT2D eigenvalue weighted by molar-refractivity contribution is 0.0689. The van der Waals surface area contributed by atoms with Gasteiger partial charge in [0.15, 0.2) is 5.82 Å². The second-order valence-corrected chi connectivity index (χ2v) is 3.42. The van der Waals surface area contributed by atoms with E-state index in [9.17, 15) is 4.79 Å². The molecule has 1 aliphatic rings. The van der Waals surface area contributed by atoms with Gasteiger partial charge >= 0.3 is 5.97 Å². The largest absolute Gasteiger partial charge is 0.477 e. The Morgan fingerprint density at radius 1 is 1.64 bits per heavy atom. The van der Waals surface area contributed by atoms with Crippen LogP contribution in [0.4, 0.5) is 5.82 Å². The van der Waals surface area contributed by atoms with Crippen molar-refractivity contribution in [3.63, 3.8) is 0 Å². The third-order valence-electron chi connectivity index (χ3n) is 2.25. The Morgan fingerprint density at radius 2 is 2.36 bits per heavy atom. The van der Waals surface area contributed by atoms with E-state index in [0.29, 0.717) is 11.7 Å². The number of aromatic nitrogens is 2. The highest BCUT2D eigenvalue weighted by atomic mass is 35.5. The number of anilines is 1. The molecule has 0 aliphatic carbocycles. The third kappa shape index (κ3) is 1.68. The van der Waals surface area contributed by atoms with Crippen LogP contribution in [0.1, 0.15) is 23.0 Å². The quantitative estimate of drug-likeness (QED) is 0.659. The number of nitrogens with zero attached hydrogens (tertiary/aromatic N) is 1. The SMILES string of the molecule is CC1CNc2n[nH]c(C(=O)O)c2C1.Cl. The van der Waals surface area contributed by atoms with Crippen LogP contribution in [0.2, 0.25) is 0 Å². The van der Waals surface area contributed by atoms with E-state index >= 15 is 0 Å². The van der Waals surface area contributed by atoms with Crippen molar-refractivity contribution in [3.8, 4) is 0 Å². The summed E-state index contributed by atoms with van der Waals surface area (Å²) in [5.74, 6) is 0.211. The van der Waals surface area contributed by atoms with Crippen molar-refractivity contribution in [3.05, 3.63) is 11.3 Å². The number of carboxylic acids is 1. The first-order valence-electron chi connectivity index (χ1n) is 4.23. The van der Waals surface area contributed by atoms with Gasteiger partial charge in [0.25, 0.3) is 0 Å². The van der Waals surface area contributed by atoms with Gasteiger partial charge in [-0.3, -0.25) is 5.10 Å². The molecule has 5 nitrogen and oxygen atoms in total. The molecular weight excluding hydrogens is 206 g/mol. The number of nitrogens with one attached hydrogen (secondary N) is 2. The first-order valence-corrected chi connectivity index (χ1v) is 4.23. The fourth-order valence-electron chi connectivity index (χ4n) is 1.58. The van der Waals surface area contributed by atoms with Crippen molar-refractivity contribution in [2.75, 3.05) is 11.9 Å². The van der Waals surface area contributed by atoms with Gasteiger partial charge in [0, 0.05) is 12.1 Å². The highest BCUT2D eigenvalue weighted by Crippen LogP contribution is 2.24. The van der Waals surface area contributed by atoms with E-state index in [1.807, 2.05) is 0 Å². The van der Waals surface area contributed by atoms with Gasteiger partial charge in [0.2, 0.25) is 0 Å². The Balaban J connectivity index is 0.000000980. The zero-order valence-electron chi connectivity index (χ0n) is 7.70. The molecule has 0 saturated carbocycles. The first kappa shape index (κ1) is 10.8. The minimum Gasteiger partial charge on any atom is -0.477 e. The van der Waals surface area contributed by atoms with Gasteiger partial charge in [0.1, 0.15) is 5.69 Å². The van der Waals surface area contributed by atoms with Gasteiger partial charge in [0.05, 0.1) is 0 Å². The van der Waals surface area contributed by atoms with Gasteiger partial charge in [-0.05, 0) is 12.3 Å². The minimum absolute atomic E-state index is 0. The van der Waals surface area contributed by atoms with E-state index in [2.05, 4.69) is 22.4 Å². The Bertz CT molecular complexity index is 350. The van der Waals surface area contributed by atoms with Crippen molar-refractivity contribution in [1.82, 2.24) is 10.2 Å². The van der Waals surface area contributed by atoms with Gasteiger partial charge < -0.3 is 10.4 Å². The normalized spacial score (nSPS) is 19.1. The molecule has 1 aliphatic heterocycles. The Morgan fingerprint density at radius 3 is 3.00 bits per heavy atom. The molecule has 0 saturated heterocycles. The second-order valence-electron chi connectivity index (χ2n) is 3.42. The number of aromatic carboxylic acids is 1. The molecule has 0 spiro atoms. The average molecular weight is 218 g/mol. The second kappa shape index (κ2) is 3.88. The van der Waals surface area contributed by atoms with Crippen LogP contribution in [0.25, 0.3) is 0 Å². The molecule has 2 heterocycles. The molecule has 14 heavy (non-hydrogen) atoms. The molecule has 1 aromatic heterocycles. The third-order valence-corrected chi connectivity index (χ3v) is 2.25. The standard InChI is InChI=1S/C8H11N3O2.ClH/c1-4-2-5-6(8(12)13)10-11-7(5)9-3-4;/h4H,2-3H2,1H3,(H,12,13)(H2,9,10,11);1H. The summed E-state index contributed by atoms with van der Waals surface area (Å²) in [4.78, 5) is 10.7. The maximum atomic E-state index is 10.7. The highest BCUT2D eigenvalue weighted by molar-refractivity contribution is 5.89. The van der Waals surface area contributed by atoms with Gasteiger partial charge in [-0.25, -0.2) is 4.79 Å². The summed E-state index contributed by atoms with van der Waals surface area (Å²) in [6, 6.07) is 0. The summed E-state index contributed by atoms with van der Waals surface area (Å²) in [6.45, 7) is 2.94. The van der Waals surface area contributed by atoms with E-state index < -0.39 is 5.97 Å². The molecule has 1 aromatic rings. The van der Waals surface area contributed by atoms with Crippen LogP contribution in [0, 0.1) is 5.92 Å². The number of halogens is 1. The Kier molecular flexibility index (Phi) is 3.00. The van der Waals surface area contributed by atoms with Gasteiger partial charge in [-0.2, -0.15) is 5.10 Å². The number of fused-ring (bicyclic) bond motifs is 1. The number of rotatable bonds is 1. The first-order chi connectivity index (χ1) is 6.18. The molecule has 0 radical (unpaired) electrons. The van der Waals surface area contributed by atoms with Crippen molar-refractivity contribution >= 4 is 24.2 Å². The van der Waals surface area contributed by atoms with Crippen LogP contribution in [-0.2, 0) is 6.42 Å². The van der Waals surface area contributed by atoms with Crippen LogP contribution in [0.5, 0.6) is 0 Å². The highest BCUT2D eigenvalue weighted by Gasteiger charge is 2.23. The molecule has 1 unspecified atom stereocenters. The lowest BCUT2D eigenvalue weighted by atomic mass is 9.97. The minimum atomic E-state index is -0.940. The van der Waals surface area contributed by atoms with Gasteiger partial charge in [-0.15, -0.1) is 12.4 Å². The lowest BCUT2D eigenvalue weighted by Crippen LogP contribution is -2.21. The zero-order chi connectivity index (χ0) is 9.42. The summed E-state index contributed by atoms with van der Waals surface area (Å²) in [7, 11) is 0. The smallest absolute Gasteiger partial charge is 0.354 e. The molecule has 2 rings (SSSR count). The number of hydrogen-bond acceptors (Lipinski definition) is 3. The monoisotopic (exact) mass is 217 g/mol. The predicted molar refractivity (Wildman–Crippen MR) is 54.2 cm³/mol. The predicted octanol–water partition coefficient (Wildman–Crippen LogP) is 1.13. The van der Waals surface area contributed by atoms with Crippen LogP contribution >= 0.6 is 12.4 Å². The van der Waals surface area contributed by atoms with Crippen LogP contribution < -0.4 is 5.32 Å². The molecule has 0 bridgehead atoms. The topological polar surface area (TPSA) is 78.0 Å². The van der Waals surface area contributed by atoms with Crippen molar-refractivity contribution < 1.29 is 9.90 Å². The van der Waals surface area contributed by atoms with Crippen LogP contribution in [-0.4, -0.2) is 27.8 Å². The summed E-state index contributed by atoms with van der Waals surface area (Å²) >= 11 is 0. The van der Waals surface area contributed by atoms with E-state index in [-0.39, 0.29) is 18.1 Å². The maximum absolute atomic E-state index is 10.7. The fraction of sp³-hybridized carbons (Fsp3) is 0.500. The number of aromatic amines is 1. The van der Waals surface area contributed by atoms with Crippen molar-refractivity contribution in [2.24, 2.45) is 5.92 Å². The fourth-order valence-corrected chi connectivity index (χ4v) is 1.58.